The molecule has 0 saturated heterocycles. The van der Waals surface area contributed by atoms with Crippen molar-refractivity contribution in [3.05, 3.63) is 47.0 Å². The van der Waals surface area contributed by atoms with Crippen molar-refractivity contribution in [2.45, 2.75) is 6.54 Å². The molecule has 0 spiro atoms. The van der Waals surface area contributed by atoms with Crippen LogP contribution in [0.15, 0.2) is 46.4 Å². The maximum absolute atomic E-state index is 11.6. The number of hydrogen-bond acceptors (Lipinski definition) is 2. The minimum absolute atomic E-state index is 0.00764. The lowest BCUT2D eigenvalue weighted by Gasteiger charge is -2.14. The van der Waals surface area contributed by atoms with Crippen LogP contribution in [0.1, 0.15) is 5.56 Å². The van der Waals surface area contributed by atoms with Crippen LogP contribution in [0.25, 0.3) is 0 Å². The predicted octanol–water partition coefficient (Wildman–Crippen LogP) is 1.76. The molecule has 0 aliphatic carbocycles. The first kappa shape index (κ1) is 17.2. The summed E-state index contributed by atoms with van der Waals surface area (Å²) in [6.45, 7) is 4.99. The van der Waals surface area contributed by atoms with Gasteiger partial charge in [-0.3, -0.25) is 4.79 Å². The summed E-state index contributed by atoms with van der Waals surface area (Å²) in [4.78, 5) is 17.6. The van der Waals surface area contributed by atoms with Gasteiger partial charge in [0.05, 0.1) is 13.1 Å². The van der Waals surface area contributed by atoms with Crippen molar-refractivity contribution in [2.24, 2.45) is 4.99 Å². The van der Waals surface area contributed by atoms with Gasteiger partial charge in [-0.1, -0.05) is 34.1 Å². The Labute approximate surface area is 134 Å². The van der Waals surface area contributed by atoms with Crippen molar-refractivity contribution < 1.29 is 4.79 Å². The molecule has 0 saturated carbocycles. The van der Waals surface area contributed by atoms with Crippen LogP contribution in [0.4, 0.5) is 0 Å². The highest BCUT2D eigenvalue weighted by Gasteiger charge is 2.05. The Morgan fingerprint density at radius 3 is 2.57 bits per heavy atom. The molecule has 0 radical (unpaired) electrons. The Bertz CT molecular complexity index is 497. The predicted molar refractivity (Wildman–Crippen MR) is 90.2 cm³/mol. The fourth-order valence-corrected chi connectivity index (χ4v) is 1.69. The van der Waals surface area contributed by atoms with Gasteiger partial charge in [0.25, 0.3) is 0 Å². The van der Waals surface area contributed by atoms with E-state index in [1.54, 1.807) is 20.2 Å². The highest BCUT2D eigenvalue weighted by molar-refractivity contribution is 9.10. The molecule has 0 unspecified atom stereocenters. The van der Waals surface area contributed by atoms with E-state index in [4.69, 9.17) is 0 Å². The molecule has 0 aromatic heterocycles. The number of halogens is 1. The van der Waals surface area contributed by atoms with Crippen molar-refractivity contribution >= 4 is 27.8 Å². The Morgan fingerprint density at radius 1 is 1.33 bits per heavy atom. The van der Waals surface area contributed by atoms with Crippen LogP contribution in [-0.2, 0) is 11.3 Å². The maximum Gasteiger partial charge on any atom is 0.241 e. The van der Waals surface area contributed by atoms with Crippen LogP contribution < -0.4 is 10.6 Å². The molecule has 0 atom stereocenters. The van der Waals surface area contributed by atoms with Gasteiger partial charge in [0, 0.05) is 25.1 Å². The smallest absolute Gasteiger partial charge is 0.241 e. The molecule has 0 heterocycles. The third-order valence-corrected chi connectivity index (χ3v) is 3.18. The van der Waals surface area contributed by atoms with Crippen molar-refractivity contribution in [2.75, 3.05) is 27.2 Å². The van der Waals surface area contributed by atoms with Gasteiger partial charge in [-0.05, 0) is 17.7 Å². The van der Waals surface area contributed by atoms with Gasteiger partial charge < -0.3 is 15.5 Å². The second kappa shape index (κ2) is 9.18. The number of nitrogens with zero attached hydrogens (tertiary/aromatic N) is 2. The van der Waals surface area contributed by atoms with Crippen molar-refractivity contribution in [1.82, 2.24) is 15.5 Å². The van der Waals surface area contributed by atoms with E-state index < -0.39 is 0 Å². The summed E-state index contributed by atoms with van der Waals surface area (Å²) in [5, 5.41) is 6.09. The van der Waals surface area contributed by atoms with Crippen LogP contribution in [0.5, 0.6) is 0 Å². The molecule has 6 heteroatoms. The van der Waals surface area contributed by atoms with E-state index in [1.165, 1.54) is 4.90 Å². The molecule has 21 heavy (non-hydrogen) atoms. The highest BCUT2D eigenvalue weighted by atomic mass is 79.9. The van der Waals surface area contributed by atoms with Gasteiger partial charge in [0.15, 0.2) is 5.96 Å². The van der Waals surface area contributed by atoms with Crippen molar-refractivity contribution in [1.29, 1.82) is 0 Å². The minimum Gasteiger partial charge on any atom is -0.353 e. The molecule has 1 aromatic carbocycles. The molecule has 1 rings (SSSR count). The van der Waals surface area contributed by atoms with E-state index >= 15 is 0 Å². The molecule has 0 aliphatic rings. The lowest BCUT2D eigenvalue weighted by Crippen LogP contribution is -2.43. The van der Waals surface area contributed by atoms with Gasteiger partial charge in [-0.2, -0.15) is 0 Å². The summed E-state index contributed by atoms with van der Waals surface area (Å²) in [7, 11) is 3.44. The molecule has 1 amide bonds. The third kappa shape index (κ3) is 6.94. The lowest BCUT2D eigenvalue weighted by molar-refractivity contribution is -0.127. The zero-order valence-electron chi connectivity index (χ0n) is 12.4. The van der Waals surface area contributed by atoms with Gasteiger partial charge >= 0.3 is 0 Å². The standard InChI is InChI=1S/C15H21BrN4O/c1-4-9-17-15(19-11-14(21)20(2)3)18-10-12-5-7-13(16)8-6-12/h4-8H,1,9-11H2,2-3H3,(H2,17,18,19). The van der Waals surface area contributed by atoms with E-state index in [2.05, 4.69) is 38.1 Å². The zero-order valence-corrected chi connectivity index (χ0v) is 14.0. The average Bonchev–Trinajstić information content (AvgIpc) is 2.47. The molecule has 0 bridgehead atoms. The number of rotatable bonds is 6. The summed E-state index contributed by atoms with van der Waals surface area (Å²) < 4.78 is 1.04. The number of guanidine groups is 1. The van der Waals surface area contributed by atoms with Crippen molar-refractivity contribution in [3.63, 3.8) is 0 Å². The summed E-state index contributed by atoms with van der Waals surface area (Å²) in [6.07, 6.45) is 1.74. The summed E-state index contributed by atoms with van der Waals surface area (Å²) in [5.74, 6) is 0.583. The molecule has 5 nitrogen and oxygen atoms in total. The number of aliphatic imine (C=N–C) groups is 1. The number of likely N-dealkylation sites (N-methyl/N-ethyl adjacent to an activating group) is 1. The zero-order chi connectivity index (χ0) is 15.7. The molecule has 0 fully saturated rings. The molecular formula is C15H21BrN4O. The summed E-state index contributed by atoms with van der Waals surface area (Å²) in [5.41, 5.74) is 1.09. The quantitative estimate of drug-likeness (QED) is 0.466. The molecule has 114 valence electrons. The summed E-state index contributed by atoms with van der Waals surface area (Å²) >= 11 is 3.40. The van der Waals surface area contributed by atoms with E-state index in [9.17, 15) is 4.79 Å². The van der Waals surface area contributed by atoms with E-state index in [1.807, 2.05) is 24.3 Å². The number of nitrogens with one attached hydrogen (secondary N) is 2. The van der Waals surface area contributed by atoms with Gasteiger partial charge in [-0.15, -0.1) is 6.58 Å². The molecule has 1 aromatic rings. The molecule has 2 N–H and O–H groups in total. The Balaban J connectivity index is 2.62. The second-order valence-corrected chi connectivity index (χ2v) is 5.52. The van der Waals surface area contributed by atoms with E-state index in [-0.39, 0.29) is 12.5 Å². The fraction of sp³-hybridized carbons (Fsp3) is 0.333. The van der Waals surface area contributed by atoms with Gasteiger partial charge in [0.1, 0.15) is 0 Å². The van der Waals surface area contributed by atoms with E-state index in [0.29, 0.717) is 19.0 Å². The topological polar surface area (TPSA) is 56.7 Å². The normalized spacial score (nSPS) is 10.9. The van der Waals surface area contributed by atoms with Crippen LogP contribution in [-0.4, -0.2) is 44.0 Å². The Kier molecular flexibility index (Phi) is 7.53. The second-order valence-electron chi connectivity index (χ2n) is 4.60. The fourth-order valence-electron chi connectivity index (χ4n) is 1.42. The molecule has 0 aliphatic heterocycles. The first-order chi connectivity index (χ1) is 10.0. The van der Waals surface area contributed by atoms with E-state index in [0.717, 1.165) is 10.0 Å². The molecular weight excluding hydrogens is 332 g/mol. The first-order valence-electron chi connectivity index (χ1n) is 6.60. The monoisotopic (exact) mass is 352 g/mol. The number of benzene rings is 1. The van der Waals surface area contributed by atoms with Crippen LogP contribution in [0, 0.1) is 0 Å². The number of amides is 1. The Morgan fingerprint density at radius 2 is 2.00 bits per heavy atom. The van der Waals surface area contributed by atoms with Crippen LogP contribution in [0.3, 0.4) is 0 Å². The van der Waals surface area contributed by atoms with Gasteiger partial charge in [0.2, 0.25) is 5.91 Å². The Hall–Kier alpha value is -1.82. The lowest BCUT2D eigenvalue weighted by atomic mass is 10.2. The first-order valence-corrected chi connectivity index (χ1v) is 7.40. The number of carbonyl (C=O) groups excluding carboxylic acids is 1. The largest absolute Gasteiger partial charge is 0.353 e. The maximum atomic E-state index is 11.6. The van der Waals surface area contributed by atoms with Crippen LogP contribution >= 0.6 is 15.9 Å². The number of hydrogen-bond donors (Lipinski definition) is 2. The SMILES string of the molecule is C=CCNC(=NCc1ccc(Br)cc1)NCC(=O)N(C)C. The third-order valence-electron chi connectivity index (χ3n) is 2.65. The highest BCUT2D eigenvalue weighted by Crippen LogP contribution is 2.10. The number of carbonyl (C=O) groups is 1. The van der Waals surface area contributed by atoms with Crippen LogP contribution in [0.2, 0.25) is 0 Å². The average molecular weight is 353 g/mol. The van der Waals surface area contributed by atoms with Gasteiger partial charge in [-0.25, -0.2) is 4.99 Å². The minimum atomic E-state index is -0.00764. The van der Waals surface area contributed by atoms with Crippen molar-refractivity contribution in [3.8, 4) is 0 Å². The summed E-state index contributed by atoms with van der Waals surface area (Å²) in [6, 6.07) is 7.96.